The highest BCUT2D eigenvalue weighted by atomic mass is 35.5. The largest absolute Gasteiger partial charge is 0.421 e. The number of aryl methyl sites for hydroxylation is 1. The van der Waals surface area contributed by atoms with Gasteiger partial charge in [0, 0.05) is 17.5 Å². The van der Waals surface area contributed by atoms with Gasteiger partial charge in [0.1, 0.15) is 22.6 Å². The number of anilines is 2. The predicted octanol–water partition coefficient (Wildman–Crippen LogP) is 6.27. The molecule has 5 aromatic rings. The molecule has 2 N–H and O–H groups in total. The Balaban J connectivity index is 1.57. The van der Waals surface area contributed by atoms with Crippen molar-refractivity contribution in [2.45, 2.75) is 13.5 Å². The van der Waals surface area contributed by atoms with E-state index in [1.165, 1.54) is 0 Å². The summed E-state index contributed by atoms with van der Waals surface area (Å²) in [5.74, 6) is -0.273. The predicted molar refractivity (Wildman–Crippen MR) is 136 cm³/mol. The number of carbonyl (C=O) groups excluding carboxylic acids is 1. The summed E-state index contributed by atoms with van der Waals surface area (Å²) in [5, 5.41) is 11.2. The van der Waals surface area contributed by atoms with Crippen LogP contribution < -0.4 is 16.3 Å². The fourth-order valence-electron chi connectivity index (χ4n) is 3.89. The lowest BCUT2D eigenvalue weighted by Crippen LogP contribution is -2.21. The molecule has 0 spiro atoms. The Kier molecular flexibility index (Phi) is 6.08. The third kappa shape index (κ3) is 4.41. The molecular formula is C27H20ClN3O4. The Morgan fingerprint density at radius 1 is 0.943 bits per heavy atom. The molecule has 35 heavy (non-hydrogen) atoms. The minimum atomic E-state index is -0.680. The summed E-state index contributed by atoms with van der Waals surface area (Å²) >= 11 is 6.33. The van der Waals surface area contributed by atoms with Crippen LogP contribution in [0.25, 0.3) is 22.2 Å². The van der Waals surface area contributed by atoms with Crippen LogP contribution in [-0.2, 0) is 6.54 Å². The van der Waals surface area contributed by atoms with Gasteiger partial charge in [0.2, 0.25) is 0 Å². The first-order valence-electron chi connectivity index (χ1n) is 10.9. The van der Waals surface area contributed by atoms with Crippen LogP contribution in [0.2, 0.25) is 5.02 Å². The molecule has 174 valence electrons. The zero-order chi connectivity index (χ0) is 24.4. The minimum absolute atomic E-state index is 0.00432. The van der Waals surface area contributed by atoms with Gasteiger partial charge in [-0.25, -0.2) is 4.79 Å². The second-order valence-electron chi connectivity index (χ2n) is 7.87. The van der Waals surface area contributed by atoms with Crippen molar-refractivity contribution in [3.63, 3.8) is 0 Å². The van der Waals surface area contributed by atoms with Crippen LogP contribution >= 0.6 is 11.6 Å². The van der Waals surface area contributed by atoms with Crippen molar-refractivity contribution in [1.29, 1.82) is 0 Å². The molecule has 5 rings (SSSR count). The highest BCUT2D eigenvalue weighted by Crippen LogP contribution is 2.33. The van der Waals surface area contributed by atoms with Crippen molar-refractivity contribution < 1.29 is 13.7 Å². The number of amides is 1. The van der Waals surface area contributed by atoms with Gasteiger partial charge in [-0.2, -0.15) is 0 Å². The average molecular weight is 486 g/mol. The summed E-state index contributed by atoms with van der Waals surface area (Å²) in [4.78, 5) is 26.4. The quantitative estimate of drug-likeness (QED) is 0.275. The van der Waals surface area contributed by atoms with Gasteiger partial charge in [-0.1, -0.05) is 77.4 Å². The Morgan fingerprint density at radius 2 is 1.66 bits per heavy atom. The van der Waals surface area contributed by atoms with Crippen LogP contribution in [0.3, 0.4) is 0 Å². The number of hydrogen-bond donors (Lipinski definition) is 2. The molecule has 0 fully saturated rings. The van der Waals surface area contributed by atoms with E-state index in [9.17, 15) is 9.59 Å². The first-order chi connectivity index (χ1) is 17.0. The van der Waals surface area contributed by atoms with Gasteiger partial charge in [-0.15, -0.1) is 0 Å². The summed E-state index contributed by atoms with van der Waals surface area (Å²) in [6.45, 7) is 2.06. The van der Waals surface area contributed by atoms with E-state index in [2.05, 4.69) is 15.8 Å². The van der Waals surface area contributed by atoms with Gasteiger partial charge in [0.25, 0.3) is 5.91 Å². The highest BCUT2D eigenvalue weighted by molar-refractivity contribution is 6.33. The number of carbonyl (C=O) groups is 1. The molecule has 2 heterocycles. The molecule has 0 aliphatic heterocycles. The number of fused-ring (bicyclic) bond motifs is 1. The Labute approximate surface area is 205 Å². The van der Waals surface area contributed by atoms with Crippen LogP contribution in [0.15, 0.2) is 92.6 Å². The van der Waals surface area contributed by atoms with Crippen LogP contribution in [0, 0.1) is 6.92 Å². The second kappa shape index (κ2) is 9.48. The third-order valence-electron chi connectivity index (χ3n) is 5.58. The second-order valence-corrected chi connectivity index (χ2v) is 8.28. The smallest absolute Gasteiger partial charge is 0.362 e. The molecule has 8 heteroatoms. The molecule has 2 aromatic heterocycles. The summed E-state index contributed by atoms with van der Waals surface area (Å²) < 4.78 is 10.8. The Bertz CT molecular complexity index is 1590. The molecule has 0 bridgehead atoms. The van der Waals surface area contributed by atoms with Crippen LogP contribution in [-0.4, -0.2) is 11.1 Å². The molecule has 0 aliphatic rings. The van der Waals surface area contributed by atoms with E-state index in [0.717, 1.165) is 5.56 Å². The number of nitrogens with one attached hydrogen (secondary N) is 2. The van der Waals surface area contributed by atoms with Gasteiger partial charge in [-0.3, -0.25) is 4.79 Å². The topological polar surface area (TPSA) is 97.4 Å². The SMILES string of the molecule is Cc1onc(-c2ccccc2Cl)c1C(=O)Nc1c(NCc2ccccc2)c2ccccc2oc1=O. The fraction of sp³-hybridized carbons (Fsp3) is 0.0741. The van der Waals surface area contributed by atoms with E-state index in [-0.39, 0.29) is 16.9 Å². The molecular weight excluding hydrogens is 466 g/mol. The van der Waals surface area contributed by atoms with Crippen molar-refractivity contribution in [1.82, 2.24) is 5.16 Å². The monoisotopic (exact) mass is 485 g/mol. The molecule has 0 saturated carbocycles. The first kappa shape index (κ1) is 22.4. The van der Waals surface area contributed by atoms with E-state index in [1.54, 1.807) is 43.3 Å². The maximum Gasteiger partial charge on any atom is 0.362 e. The maximum atomic E-state index is 13.5. The highest BCUT2D eigenvalue weighted by Gasteiger charge is 2.25. The molecule has 0 unspecified atom stereocenters. The zero-order valence-electron chi connectivity index (χ0n) is 18.7. The minimum Gasteiger partial charge on any atom is -0.421 e. The van der Waals surface area contributed by atoms with Gasteiger partial charge >= 0.3 is 5.63 Å². The van der Waals surface area contributed by atoms with Crippen molar-refractivity contribution in [2.24, 2.45) is 0 Å². The average Bonchev–Trinajstić information content (AvgIpc) is 3.26. The molecule has 1 amide bonds. The van der Waals surface area contributed by atoms with E-state index in [1.807, 2.05) is 42.5 Å². The van der Waals surface area contributed by atoms with E-state index < -0.39 is 11.5 Å². The molecule has 0 saturated heterocycles. The number of rotatable bonds is 6. The Morgan fingerprint density at radius 3 is 2.46 bits per heavy atom. The van der Waals surface area contributed by atoms with Crippen molar-refractivity contribution >= 4 is 39.9 Å². The number of benzene rings is 3. The van der Waals surface area contributed by atoms with Crippen molar-refractivity contribution in [3.8, 4) is 11.3 Å². The van der Waals surface area contributed by atoms with E-state index in [0.29, 0.717) is 39.5 Å². The molecule has 0 radical (unpaired) electrons. The van der Waals surface area contributed by atoms with Crippen molar-refractivity contribution in [3.05, 3.63) is 111 Å². The number of para-hydroxylation sites is 1. The zero-order valence-corrected chi connectivity index (χ0v) is 19.4. The standard InChI is InChI=1S/C27H20ClN3O4/c1-16-22(23(31-35-16)18-11-5-7-13-20(18)28)26(32)30-25-24(29-15-17-9-3-2-4-10-17)19-12-6-8-14-21(19)34-27(25)33/h2-14,29H,15H2,1H3,(H,30,32). The third-order valence-corrected chi connectivity index (χ3v) is 5.91. The molecule has 3 aromatic carbocycles. The van der Waals surface area contributed by atoms with Crippen LogP contribution in [0.1, 0.15) is 21.7 Å². The summed E-state index contributed by atoms with van der Waals surface area (Å²) in [7, 11) is 0. The molecule has 0 aliphatic carbocycles. The number of nitrogens with zero attached hydrogens (tertiary/aromatic N) is 1. The van der Waals surface area contributed by atoms with Crippen LogP contribution in [0.5, 0.6) is 0 Å². The van der Waals surface area contributed by atoms with Gasteiger partial charge < -0.3 is 19.6 Å². The fourth-order valence-corrected chi connectivity index (χ4v) is 4.11. The lowest BCUT2D eigenvalue weighted by Gasteiger charge is -2.15. The summed E-state index contributed by atoms with van der Waals surface area (Å²) in [6.07, 6.45) is 0. The first-order valence-corrected chi connectivity index (χ1v) is 11.3. The summed E-state index contributed by atoms with van der Waals surface area (Å²) in [6, 6.07) is 23.9. The lowest BCUT2D eigenvalue weighted by molar-refractivity contribution is 0.102. The summed E-state index contributed by atoms with van der Waals surface area (Å²) in [5.41, 5.74) is 2.21. The van der Waals surface area contributed by atoms with Gasteiger partial charge in [0.15, 0.2) is 5.69 Å². The number of aromatic nitrogens is 1. The van der Waals surface area contributed by atoms with E-state index >= 15 is 0 Å². The Hall–Kier alpha value is -4.36. The molecule has 0 atom stereocenters. The number of halogens is 1. The van der Waals surface area contributed by atoms with Crippen molar-refractivity contribution in [2.75, 3.05) is 10.6 Å². The number of hydrogen-bond acceptors (Lipinski definition) is 6. The van der Waals surface area contributed by atoms with Gasteiger partial charge in [-0.05, 0) is 30.7 Å². The maximum absolute atomic E-state index is 13.5. The molecule has 7 nitrogen and oxygen atoms in total. The van der Waals surface area contributed by atoms with Gasteiger partial charge in [0.05, 0.1) is 10.7 Å². The van der Waals surface area contributed by atoms with Crippen LogP contribution in [0.4, 0.5) is 11.4 Å². The van der Waals surface area contributed by atoms with E-state index in [4.69, 9.17) is 20.5 Å². The lowest BCUT2D eigenvalue weighted by atomic mass is 10.1. The normalized spacial score (nSPS) is 10.9.